The van der Waals surface area contributed by atoms with E-state index in [4.69, 9.17) is 14.2 Å². The zero-order valence-corrected chi connectivity index (χ0v) is 18.0. The van der Waals surface area contributed by atoms with E-state index >= 15 is 0 Å². The minimum atomic E-state index is -1.44. The van der Waals surface area contributed by atoms with Crippen molar-refractivity contribution in [3.63, 3.8) is 0 Å². The van der Waals surface area contributed by atoms with Gasteiger partial charge in [0.1, 0.15) is 0 Å². The number of aliphatic carboxylic acids is 1. The lowest BCUT2D eigenvalue weighted by Crippen LogP contribution is -2.53. The molecule has 3 unspecified atom stereocenters. The predicted octanol–water partition coefficient (Wildman–Crippen LogP) is 2.41. The van der Waals surface area contributed by atoms with Crippen LogP contribution in [0.3, 0.4) is 0 Å². The van der Waals surface area contributed by atoms with Gasteiger partial charge in [-0.2, -0.15) is 9.97 Å². The summed E-state index contributed by atoms with van der Waals surface area (Å²) in [7, 11) is 2.83. The molecule has 0 aliphatic heterocycles. The van der Waals surface area contributed by atoms with Gasteiger partial charge in [-0.3, -0.25) is 0 Å². The lowest BCUT2D eigenvalue weighted by molar-refractivity contribution is -0.149. The smallest absolute Gasteiger partial charge is 0.346 e. The Bertz CT molecular complexity index is 1040. The van der Waals surface area contributed by atoms with Crippen molar-refractivity contribution in [2.75, 3.05) is 14.2 Å². The van der Waals surface area contributed by atoms with Gasteiger partial charge in [-0.25, -0.2) is 9.00 Å². The highest BCUT2D eigenvalue weighted by Crippen LogP contribution is 2.40. The largest absolute Gasteiger partial charge is 0.481 e. The normalized spacial score (nSPS) is 18.0. The fraction of sp³-hybridized carbons (Fsp3) is 0.273. The van der Waals surface area contributed by atoms with Crippen molar-refractivity contribution in [1.29, 1.82) is 0 Å². The first kappa shape index (κ1) is 22.2. The second-order valence-corrected chi connectivity index (χ2v) is 7.57. The number of aromatic nitrogens is 2. The van der Waals surface area contributed by atoms with Crippen molar-refractivity contribution in [1.82, 2.24) is 9.97 Å². The molecule has 1 aromatic carbocycles. The van der Waals surface area contributed by atoms with E-state index in [1.165, 1.54) is 20.3 Å². The maximum Gasteiger partial charge on any atom is 0.346 e. The molecule has 2 aromatic rings. The fourth-order valence-corrected chi connectivity index (χ4v) is 4.13. The average Bonchev–Trinajstić information content (AvgIpc) is 2.82. The van der Waals surface area contributed by atoms with Crippen molar-refractivity contribution in [2.45, 2.75) is 18.4 Å². The highest BCUT2D eigenvalue weighted by molar-refractivity contribution is 7.67. The number of nitrogens with zero attached hydrogens (tertiary/aromatic N) is 2. The number of methoxy groups -OCH3 is 2. The number of benzene rings is 1. The van der Waals surface area contributed by atoms with Gasteiger partial charge in [-0.1, -0.05) is 55.5 Å². The van der Waals surface area contributed by atoms with E-state index in [1.807, 2.05) is 30.3 Å². The van der Waals surface area contributed by atoms with Gasteiger partial charge >= 0.3 is 12.0 Å². The van der Waals surface area contributed by atoms with Gasteiger partial charge in [0.15, 0.2) is 0 Å². The van der Waals surface area contributed by atoms with Crippen LogP contribution < -0.4 is 14.2 Å². The van der Waals surface area contributed by atoms with E-state index in [9.17, 15) is 14.1 Å². The van der Waals surface area contributed by atoms with Crippen molar-refractivity contribution in [2.24, 2.45) is 5.92 Å². The molecular formula is C22H22N2O6S. The molecule has 162 valence electrons. The van der Waals surface area contributed by atoms with Crippen LogP contribution >= 0.6 is 0 Å². The van der Waals surface area contributed by atoms with Gasteiger partial charge in [0, 0.05) is 5.92 Å². The molecule has 1 heterocycles. The molecular weight excluding hydrogens is 420 g/mol. The molecule has 31 heavy (non-hydrogen) atoms. The Balaban J connectivity index is 2.16. The van der Waals surface area contributed by atoms with Crippen LogP contribution in [0.4, 0.5) is 0 Å². The van der Waals surface area contributed by atoms with Crippen molar-refractivity contribution >= 4 is 22.1 Å². The van der Waals surface area contributed by atoms with Gasteiger partial charge in [0.25, 0.3) is 0 Å². The number of hydrogen-bond acceptors (Lipinski definition) is 7. The van der Waals surface area contributed by atoms with Gasteiger partial charge < -0.3 is 19.3 Å². The molecule has 0 amide bonds. The second-order valence-electron chi connectivity index (χ2n) is 6.93. The van der Waals surface area contributed by atoms with E-state index in [0.29, 0.717) is 21.7 Å². The molecule has 0 saturated heterocycles. The quantitative estimate of drug-likeness (QED) is 0.621. The molecule has 9 heteroatoms. The first-order valence-corrected chi connectivity index (χ1v) is 10.1. The summed E-state index contributed by atoms with van der Waals surface area (Å²) in [5, 5.41) is 10.2. The number of allylic oxidation sites excluding steroid dienone is 4. The molecule has 0 spiro atoms. The molecule has 1 aromatic heterocycles. The SMILES string of the molecule is COc1cc(OC)nc(OC(C(=O)O)C(C)(c2ccccc2)C2C=CC=CC2=S=O)n1. The van der Waals surface area contributed by atoms with Crippen LogP contribution in [0.5, 0.6) is 17.8 Å². The summed E-state index contributed by atoms with van der Waals surface area (Å²) in [4.78, 5) is 21.2. The Labute approximate surface area is 183 Å². The topological polar surface area (TPSA) is 108 Å². The molecule has 1 aliphatic rings. The molecule has 1 aliphatic carbocycles. The van der Waals surface area contributed by atoms with Crippen LogP contribution in [0.2, 0.25) is 0 Å². The third-order valence-corrected chi connectivity index (χ3v) is 5.77. The van der Waals surface area contributed by atoms with Crippen molar-refractivity contribution < 1.29 is 28.3 Å². The number of hydrogen-bond donors (Lipinski definition) is 1. The number of rotatable bonds is 8. The number of ether oxygens (including phenoxy) is 3. The van der Waals surface area contributed by atoms with E-state index in [1.54, 1.807) is 31.2 Å². The Morgan fingerprint density at radius 2 is 1.77 bits per heavy atom. The summed E-state index contributed by atoms with van der Waals surface area (Å²) in [6.45, 7) is 1.75. The van der Waals surface area contributed by atoms with Gasteiger partial charge in [0.2, 0.25) is 17.9 Å². The summed E-state index contributed by atoms with van der Waals surface area (Å²) in [6, 6.07) is 10.3. The monoisotopic (exact) mass is 442 g/mol. The maximum atomic E-state index is 12.5. The van der Waals surface area contributed by atoms with E-state index in [-0.39, 0.29) is 17.8 Å². The third-order valence-electron chi connectivity index (χ3n) is 5.19. The molecule has 0 fully saturated rings. The highest BCUT2D eigenvalue weighted by Gasteiger charge is 2.49. The Morgan fingerprint density at radius 3 is 2.32 bits per heavy atom. The summed E-state index contributed by atoms with van der Waals surface area (Å²) in [6.07, 6.45) is 5.59. The minimum absolute atomic E-state index is 0.162. The summed E-state index contributed by atoms with van der Waals surface area (Å²) < 4.78 is 28.0. The maximum absolute atomic E-state index is 12.5. The molecule has 8 nitrogen and oxygen atoms in total. The number of carboxylic acid groups (broad SMARTS) is 1. The Hall–Kier alpha value is -3.46. The predicted molar refractivity (Wildman–Crippen MR) is 116 cm³/mol. The van der Waals surface area contributed by atoms with Crippen LogP contribution in [-0.4, -0.2) is 50.4 Å². The average molecular weight is 442 g/mol. The molecule has 0 radical (unpaired) electrons. The van der Waals surface area contributed by atoms with Gasteiger partial charge in [-0.15, -0.1) is 0 Å². The van der Waals surface area contributed by atoms with Gasteiger partial charge in [-0.05, 0) is 11.6 Å². The zero-order chi connectivity index (χ0) is 22.4. The number of carbonyl (C=O) groups is 1. The van der Waals surface area contributed by atoms with Crippen LogP contribution in [-0.2, 0) is 21.5 Å². The molecule has 3 atom stereocenters. The number of carboxylic acids is 1. The Morgan fingerprint density at radius 1 is 1.13 bits per heavy atom. The standard InChI is InChI=1S/C22H22N2O6S/c1-22(14-9-5-4-6-10-14,15-11-7-8-12-16(15)31-27)19(20(25)26)30-21-23-17(28-2)13-18(24-21)29-3/h4-13,15,19H,1-3H3,(H,25,26). The van der Waals surface area contributed by atoms with Gasteiger partial charge in [0.05, 0.1) is 41.8 Å². The first-order chi connectivity index (χ1) is 14.9. The van der Waals surface area contributed by atoms with Crippen LogP contribution in [0.1, 0.15) is 12.5 Å². The van der Waals surface area contributed by atoms with E-state index in [0.717, 1.165) is 0 Å². The molecule has 0 saturated carbocycles. The van der Waals surface area contributed by atoms with Crippen molar-refractivity contribution in [3.8, 4) is 17.8 Å². The fourth-order valence-electron chi connectivity index (χ4n) is 3.57. The minimum Gasteiger partial charge on any atom is -0.481 e. The lowest BCUT2D eigenvalue weighted by atomic mass is 9.65. The second kappa shape index (κ2) is 9.57. The summed E-state index contributed by atoms with van der Waals surface area (Å²) in [5.74, 6) is -1.45. The highest BCUT2D eigenvalue weighted by atomic mass is 32.1. The summed E-state index contributed by atoms with van der Waals surface area (Å²) in [5.41, 5.74) is -0.477. The third kappa shape index (κ3) is 4.51. The molecule has 0 bridgehead atoms. The first-order valence-electron chi connectivity index (χ1n) is 9.37. The van der Waals surface area contributed by atoms with Crippen LogP contribution in [0.25, 0.3) is 0 Å². The van der Waals surface area contributed by atoms with Crippen molar-refractivity contribution in [3.05, 3.63) is 66.3 Å². The van der Waals surface area contributed by atoms with Crippen LogP contribution in [0.15, 0.2) is 60.7 Å². The molecule has 1 N–H and O–H groups in total. The van der Waals surface area contributed by atoms with E-state index in [2.05, 4.69) is 9.97 Å². The zero-order valence-electron chi connectivity index (χ0n) is 17.2. The Kier molecular flexibility index (Phi) is 6.86. The van der Waals surface area contributed by atoms with Crippen LogP contribution in [0, 0.1) is 5.92 Å². The van der Waals surface area contributed by atoms with E-state index < -0.39 is 23.4 Å². The lowest BCUT2D eigenvalue weighted by Gasteiger charge is -2.40. The molecule has 3 rings (SSSR count). The summed E-state index contributed by atoms with van der Waals surface area (Å²) >= 11 is 0.332.